The van der Waals surface area contributed by atoms with Gasteiger partial charge in [0.15, 0.2) is 0 Å². The first-order valence-corrected chi connectivity index (χ1v) is 6.27. The molecule has 2 amide bonds. The smallest absolute Gasteiger partial charge is 0.408 e. The second-order valence-electron chi connectivity index (χ2n) is 6.17. The summed E-state index contributed by atoms with van der Waals surface area (Å²) in [4.78, 5) is 23.4. The van der Waals surface area contributed by atoms with Gasteiger partial charge in [-0.15, -0.1) is 0 Å². The number of methoxy groups -OCH3 is 1. The van der Waals surface area contributed by atoms with E-state index in [4.69, 9.17) is 9.47 Å². The van der Waals surface area contributed by atoms with Crippen molar-refractivity contribution in [3.8, 4) is 0 Å². The minimum Gasteiger partial charge on any atom is -0.444 e. The maximum absolute atomic E-state index is 11.9. The van der Waals surface area contributed by atoms with E-state index in [1.54, 1.807) is 34.8 Å². The van der Waals surface area contributed by atoms with Crippen LogP contribution in [0.4, 0.5) is 4.79 Å². The van der Waals surface area contributed by atoms with Gasteiger partial charge in [0.05, 0.1) is 12.1 Å². The van der Waals surface area contributed by atoms with Gasteiger partial charge < -0.3 is 20.1 Å². The largest absolute Gasteiger partial charge is 0.444 e. The summed E-state index contributed by atoms with van der Waals surface area (Å²) in [6, 6.07) is -0.675. The number of carbonyl (C=O) groups is 2. The van der Waals surface area contributed by atoms with Crippen LogP contribution in [0.25, 0.3) is 0 Å². The zero-order valence-corrected chi connectivity index (χ0v) is 12.9. The van der Waals surface area contributed by atoms with Crippen molar-refractivity contribution < 1.29 is 19.1 Å². The summed E-state index contributed by atoms with van der Waals surface area (Å²) in [5, 5.41) is 5.28. The Morgan fingerprint density at radius 3 is 2.11 bits per heavy atom. The lowest BCUT2D eigenvalue weighted by Crippen LogP contribution is -2.54. The highest BCUT2D eigenvalue weighted by Gasteiger charge is 2.25. The summed E-state index contributed by atoms with van der Waals surface area (Å²) in [7, 11) is 1.57. The molecular formula is C13H26N2O4. The molecule has 6 heteroatoms. The van der Waals surface area contributed by atoms with Crippen molar-refractivity contribution in [3.05, 3.63) is 0 Å². The SMILES string of the molecule is COCC(C)(C)NC(=O)[C@H](C)NC(=O)OC(C)(C)C. The zero-order valence-electron chi connectivity index (χ0n) is 12.9. The molecule has 0 heterocycles. The summed E-state index contributed by atoms with van der Waals surface area (Å²) in [6.07, 6.45) is -0.611. The highest BCUT2D eigenvalue weighted by molar-refractivity contribution is 5.85. The molecule has 0 radical (unpaired) electrons. The molecular weight excluding hydrogens is 248 g/mol. The van der Waals surface area contributed by atoms with Gasteiger partial charge in [-0.2, -0.15) is 0 Å². The molecule has 0 rings (SSSR count). The predicted octanol–water partition coefficient (Wildman–Crippen LogP) is 1.44. The standard InChI is InChI=1S/C13H26N2O4/c1-9(14-11(17)19-12(2,3)4)10(16)15-13(5,6)8-18-7/h9H,8H2,1-7H3,(H,14,17)(H,15,16)/t9-/m0/s1. The van der Waals surface area contributed by atoms with Crippen LogP contribution in [0.5, 0.6) is 0 Å². The van der Waals surface area contributed by atoms with Gasteiger partial charge in [-0.3, -0.25) is 4.79 Å². The molecule has 6 nitrogen and oxygen atoms in total. The summed E-state index contributed by atoms with van der Waals surface area (Å²) < 4.78 is 10.1. The molecule has 19 heavy (non-hydrogen) atoms. The number of alkyl carbamates (subject to hydrolysis) is 1. The molecule has 112 valence electrons. The van der Waals surface area contributed by atoms with E-state index in [1.807, 2.05) is 13.8 Å². The van der Waals surface area contributed by atoms with E-state index in [2.05, 4.69) is 10.6 Å². The molecule has 0 bridgehead atoms. The molecule has 0 aromatic heterocycles. The zero-order chi connectivity index (χ0) is 15.3. The minimum atomic E-state index is -0.675. The normalized spacial score (nSPS) is 13.6. The van der Waals surface area contributed by atoms with E-state index in [0.717, 1.165) is 0 Å². The lowest BCUT2D eigenvalue weighted by molar-refractivity contribution is -0.125. The Bertz CT molecular complexity index is 321. The third-order valence-corrected chi connectivity index (χ3v) is 2.09. The molecule has 0 saturated heterocycles. The van der Waals surface area contributed by atoms with Gasteiger partial charge in [-0.05, 0) is 41.5 Å². The maximum Gasteiger partial charge on any atom is 0.408 e. The van der Waals surface area contributed by atoms with Crippen molar-refractivity contribution in [1.82, 2.24) is 10.6 Å². The van der Waals surface area contributed by atoms with E-state index in [0.29, 0.717) is 6.61 Å². The lowest BCUT2D eigenvalue weighted by Gasteiger charge is -2.27. The first kappa shape index (κ1) is 17.7. The molecule has 0 fully saturated rings. The van der Waals surface area contributed by atoms with Crippen LogP contribution in [0, 0.1) is 0 Å². The first-order valence-electron chi connectivity index (χ1n) is 6.27. The molecule has 0 unspecified atom stereocenters. The molecule has 0 aliphatic heterocycles. The number of nitrogens with one attached hydrogen (secondary N) is 2. The van der Waals surface area contributed by atoms with Crippen molar-refractivity contribution in [2.75, 3.05) is 13.7 Å². The third-order valence-electron chi connectivity index (χ3n) is 2.09. The van der Waals surface area contributed by atoms with Crippen LogP contribution in [-0.4, -0.2) is 42.9 Å². The van der Waals surface area contributed by atoms with Gasteiger partial charge in [-0.25, -0.2) is 4.79 Å². The Morgan fingerprint density at radius 2 is 1.68 bits per heavy atom. The van der Waals surface area contributed by atoms with Crippen LogP contribution in [0.1, 0.15) is 41.5 Å². The number of carbonyl (C=O) groups excluding carboxylic acids is 2. The average Bonchev–Trinajstić information content (AvgIpc) is 2.12. The Labute approximate surface area is 115 Å². The highest BCUT2D eigenvalue weighted by atomic mass is 16.6. The van der Waals surface area contributed by atoms with Gasteiger partial charge in [0.1, 0.15) is 11.6 Å². The van der Waals surface area contributed by atoms with Gasteiger partial charge in [-0.1, -0.05) is 0 Å². The molecule has 0 aromatic rings. The number of amides is 2. The molecule has 0 saturated carbocycles. The molecule has 0 aliphatic carbocycles. The predicted molar refractivity (Wildman–Crippen MR) is 72.9 cm³/mol. The summed E-state index contributed by atoms with van der Waals surface area (Å²) >= 11 is 0. The molecule has 0 aliphatic rings. The van der Waals surface area contributed by atoms with E-state index < -0.39 is 23.3 Å². The first-order chi connectivity index (χ1) is 8.47. The van der Waals surface area contributed by atoms with Crippen molar-refractivity contribution in [3.63, 3.8) is 0 Å². The minimum absolute atomic E-state index is 0.284. The molecule has 1 atom stereocenters. The lowest BCUT2D eigenvalue weighted by atomic mass is 10.1. The summed E-state index contributed by atoms with van der Waals surface area (Å²) in [5.41, 5.74) is -1.08. The third kappa shape index (κ3) is 8.42. The number of ether oxygens (including phenoxy) is 2. The Morgan fingerprint density at radius 1 is 1.16 bits per heavy atom. The second-order valence-corrected chi connectivity index (χ2v) is 6.17. The van der Waals surface area contributed by atoms with E-state index >= 15 is 0 Å². The Balaban J connectivity index is 4.32. The number of rotatable bonds is 5. The summed E-state index contributed by atoms with van der Waals surface area (Å²) in [6.45, 7) is 11.0. The van der Waals surface area contributed by atoms with E-state index in [9.17, 15) is 9.59 Å². The van der Waals surface area contributed by atoms with Crippen LogP contribution < -0.4 is 10.6 Å². The van der Waals surface area contributed by atoms with Crippen LogP contribution in [0.2, 0.25) is 0 Å². The fraction of sp³-hybridized carbons (Fsp3) is 0.846. The molecule has 0 aromatic carbocycles. The van der Waals surface area contributed by atoms with Crippen LogP contribution >= 0.6 is 0 Å². The Hall–Kier alpha value is -1.30. The quantitative estimate of drug-likeness (QED) is 0.795. The second kappa shape index (κ2) is 6.75. The van der Waals surface area contributed by atoms with Gasteiger partial charge in [0.25, 0.3) is 0 Å². The van der Waals surface area contributed by atoms with E-state index in [-0.39, 0.29) is 5.91 Å². The van der Waals surface area contributed by atoms with Crippen molar-refractivity contribution in [2.24, 2.45) is 0 Å². The number of hydrogen-bond donors (Lipinski definition) is 2. The highest BCUT2D eigenvalue weighted by Crippen LogP contribution is 2.07. The molecule has 2 N–H and O–H groups in total. The van der Waals surface area contributed by atoms with Gasteiger partial charge in [0.2, 0.25) is 5.91 Å². The van der Waals surface area contributed by atoms with E-state index in [1.165, 1.54) is 0 Å². The van der Waals surface area contributed by atoms with Crippen molar-refractivity contribution in [2.45, 2.75) is 58.7 Å². The topological polar surface area (TPSA) is 76.7 Å². The Kier molecular flexibility index (Phi) is 6.29. The van der Waals surface area contributed by atoms with Crippen LogP contribution in [-0.2, 0) is 14.3 Å². The average molecular weight is 274 g/mol. The van der Waals surface area contributed by atoms with Crippen molar-refractivity contribution in [1.29, 1.82) is 0 Å². The van der Waals surface area contributed by atoms with Gasteiger partial charge >= 0.3 is 6.09 Å². The maximum atomic E-state index is 11.9. The monoisotopic (exact) mass is 274 g/mol. The van der Waals surface area contributed by atoms with Gasteiger partial charge in [0, 0.05) is 7.11 Å². The fourth-order valence-corrected chi connectivity index (χ4v) is 1.39. The van der Waals surface area contributed by atoms with Crippen LogP contribution in [0.15, 0.2) is 0 Å². The molecule has 0 spiro atoms. The summed E-state index contributed by atoms with van der Waals surface area (Å²) in [5.74, 6) is -0.284. The van der Waals surface area contributed by atoms with Crippen molar-refractivity contribution >= 4 is 12.0 Å². The van der Waals surface area contributed by atoms with Crippen LogP contribution in [0.3, 0.4) is 0 Å². The number of hydrogen-bond acceptors (Lipinski definition) is 4. The fourth-order valence-electron chi connectivity index (χ4n) is 1.39.